The number of hydrogen-bond acceptors (Lipinski definition) is 4. The molecule has 1 aromatic heterocycles. The van der Waals surface area contributed by atoms with E-state index in [1.807, 2.05) is 32.0 Å². The molecule has 2 aromatic carbocycles. The van der Waals surface area contributed by atoms with Crippen LogP contribution in [0.15, 0.2) is 59.0 Å². The van der Waals surface area contributed by atoms with Crippen molar-refractivity contribution in [2.24, 2.45) is 0 Å². The molecule has 2 amide bonds. The van der Waals surface area contributed by atoms with E-state index >= 15 is 0 Å². The van der Waals surface area contributed by atoms with Crippen molar-refractivity contribution in [2.45, 2.75) is 27.4 Å². The summed E-state index contributed by atoms with van der Waals surface area (Å²) in [4.78, 5) is 23.4. The van der Waals surface area contributed by atoms with Gasteiger partial charge in [-0.1, -0.05) is 6.07 Å². The molecule has 28 heavy (non-hydrogen) atoms. The number of amides is 2. The number of hydrogen-bond donors (Lipinski definition) is 2. The van der Waals surface area contributed by atoms with Gasteiger partial charge in [0.2, 0.25) is 5.91 Å². The molecule has 0 aliphatic carbocycles. The number of nitrogens with one attached hydrogen (secondary N) is 2. The summed E-state index contributed by atoms with van der Waals surface area (Å²) in [5.41, 5.74) is 3.62. The SMILES string of the molecule is CC(=O)Nc1ccc(NC(=O)c2ccc(COc3ccc(C)c(C)c3)o2)cc1. The molecule has 0 saturated carbocycles. The molecule has 2 N–H and O–H groups in total. The van der Waals surface area contributed by atoms with Crippen LogP contribution in [0.2, 0.25) is 0 Å². The van der Waals surface area contributed by atoms with Crippen molar-refractivity contribution in [1.29, 1.82) is 0 Å². The molecule has 6 heteroatoms. The van der Waals surface area contributed by atoms with Gasteiger partial charge in [0.25, 0.3) is 5.91 Å². The summed E-state index contributed by atoms with van der Waals surface area (Å²) in [7, 11) is 0. The molecule has 0 spiro atoms. The van der Waals surface area contributed by atoms with E-state index in [4.69, 9.17) is 9.15 Å². The Kier molecular flexibility index (Phi) is 5.79. The number of benzene rings is 2. The maximum atomic E-state index is 12.3. The Bertz CT molecular complexity index is 990. The Labute approximate surface area is 163 Å². The van der Waals surface area contributed by atoms with E-state index in [2.05, 4.69) is 10.6 Å². The Morgan fingerprint density at radius 3 is 2.21 bits per heavy atom. The lowest BCUT2D eigenvalue weighted by Crippen LogP contribution is -2.11. The first-order valence-electron chi connectivity index (χ1n) is 8.88. The van der Waals surface area contributed by atoms with Crippen LogP contribution in [0.1, 0.15) is 34.4 Å². The minimum absolute atomic E-state index is 0.150. The molecule has 0 bridgehead atoms. The highest BCUT2D eigenvalue weighted by Gasteiger charge is 2.12. The van der Waals surface area contributed by atoms with E-state index in [0.717, 1.165) is 11.3 Å². The normalized spacial score (nSPS) is 10.4. The Morgan fingerprint density at radius 1 is 0.893 bits per heavy atom. The lowest BCUT2D eigenvalue weighted by atomic mass is 10.1. The van der Waals surface area contributed by atoms with Crippen molar-refractivity contribution in [2.75, 3.05) is 10.6 Å². The molecule has 0 saturated heterocycles. The summed E-state index contributed by atoms with van der Waals surface area (Å²) >= 11 is 0. The molecule has 0 radical (unpaired) electrons. The number of aryl methyl sites for hydroxylation is 2. The van der Waals surface area contributed by atoms with Gasteiger partial charge < -0.3 is 19.8 Å². The molecular formula is C22H22N2O4. The monoisotopic (exact) mass is 378 g/mol. The van der Waals surface area contributed by atoms with Crippen LogP contribution in [0.25, 0.3) is 0 Å². The van der Waals surface area contributed by atoms with Crippen molar-refractivity contribution in [3.05, 3.63) is 77.2 Å². The van der Waals surface area contributed by atoms with Gasteiger partial charge >= 0.3 is 0 Å². The minimum Gasteiger partial charge on any atom is -0.486 e. The molecule has 144 valence electrons. The summed E-state index contributed by atoms with van der Waals surface area (Å²) in [5, 5.41) is 5.42. The molecule has 3 rings (SSSR count). The number of rotatable bonds is 6. The van der Waals surface area contributed by atoms with E-state index in [-0.39, 0.29) is 24.2 Å². The Morgan fingerprint density at radius 2 is 1.57 bits per heavy atom. The van der Waals surface area contributed by atoms with Crippen LogP contribution in [0.5, 0.6) is 5.75 Å². The molecule has 0 aliphatic rings. The minimum atomic E-state index is -0.357. The number of ether oxygens (including phenoxy) is 1. The van der Waals surface area contributed by atoms with Crippen LogP contribution in [0.3, 0.4) is 0 Å². The third-order valence-electron chi connectivity index (χ3n) is 4.21. The summed E-state index contributed by atoms with van der Waals surface area (Å²) in [6, 6.07) is 16.0. The quantitative estimate of drug-likeness (QED) is 0.652. The summed E-state index contributed by atoms with van der Waals surface area (Å²) in [6.45, 7) is 5.75. The molecule has 0 atom stereocenters. The first-order valence-corrected chi connectivity index (χ1v) is 8.88. The fourth-order valence-corrected chi connectivity index (χ4v) is 2.57. The smallest absolute Gasteiger partial charge is 0.291 e. The summed E-state index contributed by atoms with van der Waals surface area (Å²) < 4.78 is 11.3. The van der Waals surface area contributed by atoms with Gasteiger partial charge in [-0.25, -0.2) is 0 Å². The number of carbonyl (C=O) groups excluding carboxylic acids is 2. The average molecular weight is 378 g/mol. The Hall–Kier alpha value is -3.54. The average Bonchev–Trinajstić information content (AvgIpc) is 3.13. The molecule has 3 aromatic rings. The van der Waals surface area contributed by atoms with Crippen molar-refractivity contribution in [3.8, 4) is 5.75 Å². The second kappa shape index (κ2) is 8.43. The van der Waals surface area contributed by atoms with Crippen molar-refractivity contribution < 1.29 is 18.7 Å². The summed E-state index contributed by atoms with van der Waals surface area (Å²) in [6.07, 6.45) is 0. The highest BCUT2D eigenvalue weighted by Crippen LogP contribution is 2.19. The molecule has 1 heterocycles. The second-order valence-corrected chi connectivity index (χ2v) is 6.51. The van der Waals surface area contributed by atoms with Crippen LogP contribution in [0, 0.1) is 13.8 Å². The predicted molar refractivity (Wildman–Crippen MR) is 108 cm³/mol. The van der Waals surface area contributed by atoms with Crippen LogP contribution < -0.4 is 15.4 Å². The lowest BCUT2D eigenvalue weighted by molar-refractivity contribution is -0.114. The van der Waals surface area contributed by atoms with Crippen LogP contribution in [-0.2, 0) is 11.4 Å². The number of carbonyl (C=O) groups is 2. The first-order chi connectivity index (χ1) is 13.4. The van der Waals surface area contributed by atoms with E-state index in [1.165, 1.54) is 12.5 Å². The van der Waals surface area contributed by atoms with Gasteiger partial charge in [0.1, 0.15) is 18.1 Å². The van der Waals surface area contributed by atoms with E-state index < -0.39 is 0 Å². The first kappa shape index (κ1) is 19.2. The topological polar surface area (TPSA) is 80.6 Å². The number of furan rings is 1. The maximum absolute atomic E-state index is 12.3. The van der Waals surface area contributed by atoms with E-state index in [9.17, 15) is 9.59 Å². The Balaban J connectivity index is 1.57. The second-order valence-electron chi connectivity index (χ2n) is 6.51. The molecule has 0 unspecified atom stereocenters. The lowest BCUT2D eigenvalue weighted by Gasteiger charge is -2.07. The van der Waals surface area contributed by atoms with Gasteiger partial charge in [-0.15, -0.1) is 0 Å². The predicted octanol–water partition coefficient (Wildman–Crippen LogP) is 4.69. The molecular weight excluding hydrogens is 356 g/mol. The fourth-order valence-electron chi connectivity index (χ4n) is 2.57. The van der Waals surface area contributed by atoms with Crippen LogP contribution >= 0.6 is 0 Å². The third kappa shape index (κ3) is 5.01. The van der Waals surface area contributed by atoms with Gasteiger partial charge in [0.05, 0.1) is 0 Å². The number of anilines is 2. The van der Waals surface area contributed by atoms with Gasteiger partial charge in [0.15, 0.2) is 5.76 Å². The van der Waals surface area contributed by atoms with Crippen molar-refractivity contribution in [1.82, 2.24) is 0 Å². The zero-order valence-corrected chi connectivity index (χ0v) is 16.0. The molecule has 0 fully saturated rings. The van der Waals surface area contributed by atoms with Gasteiger partial charge in [0, 0.05) is 18.3 Å². The standard InChI is InChI=1S/C22H22N2O4/c1-14-4-9-19(12-15(14)2)27-13-20-10-11-21(28-20)22(26)24-18-7-5-17(6-8-18)23-16(3)25/h4-12H,13H2,1-3H3,(H,23,25)(H,24,26). The fraction of sp³-hybridized carbons (Fsp3) is 0.182. The van der Waals surface area contributed by atoms with Gasteiger partial charge in [-0.05, 0) is 73.5 Å². The molecule has 0 aliphatic heterocycles. The largest absolute Gasteiger partial charge is 0.486 e. The maximum Gasteiger partial charge on any atom is 0.291 e. The molecule has 6 nitrogen and oxygen atoms in total. The van der Waals surface area contributed by atoms with Gasteiger partial charge in [-0.2, -0.15) is 0 Å². The van der Waals surface area contributed by atoms with Gasteiger partial charge in [-0.3, -0.25) is 9.59 Å². The van der Waals surface area contributed by atoms with E-state index in [0.29, 0.717) is 17.1 Å². The van der Waals surface area contributed by atoms with E-state index in [1.54, 1.807) is 36.4 Å². The van der Waals surface area contributed by atoms with Crippen molar-refractivity contribution >= 4 is 23.2 Å². The highest BCUT2D eigenvalue weighted by atomic mass is 16.5. The summed E-state index contributed by atoms with van der Waals surface area (Å²) in [5.74, 6) is 1.01. The third-order valence-corrected chi connectivity index (χ3v) is 4.21. The van der Waals surface area contributed by atoms with Crippen LogP contribution in [-0.4, -0.2) is 11.8 Å². The zero-order valence-electron chi connectivity index (χ0n) is 16.0. The van der Waals surface area contributed by atoms with Crippen LogP contribution in [0.4, 0.5) is 11.4 Å². The highest BCUT2D eigenvalue weighted by molar-refractivity contribution is 6.02. The van der Waals surface area contributed by atoms with Crippen molar-refractivity contribution in [3.63, 3.8) is 0 Å². The zero-order chi connectivity index (χ0) is 20.1.